The SMILES string of the molecule is CC(C)(C)OC(=O)O[C@@H]1[C@@H](CO)O[C@@H](O)[C@]1(C)F. The summed E-state index contributed by atoms with van der Waals surface area (Å²) in [5, 5.41) is 18.3. The van der Waals surface area contributed by atoms with Crippen molar-refractivity contribution in [1.82, 2.24) is 0 Å². The van der Waals surface area contributed by atoms with E-state index in [0.29, 0.717) is 0 Å². The Morgan fingerprint density at radius 1 is 1.50 bits per heavy atom. The Hall–Kier alpha value is -0.920. The summed E-state index contributed by atoms with van der Waals surface area (Å²) in [5.41, 5.74) is -3.08. The van der Waals surface area contributed by atoms with E-state index in [0.717, 1.165) is 6.92 Å². The molecule has 0 bridgehead atoms. The first kappa shape index (κ1) is 15.1. The molecule has 0 radical (unpaired) electrons. The minimum Gasteiger partial charge on any atom is -0.429 e. The lowest BCUT2D eigenvalue weighted by Gasteiger charge is -2.26. The van der Waals surface area contributed by atoms with Crippen molar-refractivity contribution in [2.24, 2.45) is 0 Å². The molecule has 0 aromatic rings. The van der Waals surface area contributed by atoms with Gasteiger partial charge in [0.2, 0.25) is 0 Å². The molecule has 1 aliphatic heterocycles. The van der Waals surface area contributed by atoms with Crippen LogP contribution in [0, 0.1) is 0 Å². The fraction of sp³-hybridized carbons (Fsp3) is 0.909. The zero-order chi connectivity index (χ0) is 14.1. The summed E-state index contributed by atoms with van der Waals surface area (Å²) in [6, 6.07) is 0. The predicted molar refractivity (Wildman–Crippen MR) is 58.6 cm³/mol. The van der Waals surface area contributed by atoms with Gasteiger partial charge >= 0.3 is 6.16 Å². The van der Waals surface area contributed by atoms with E-state index in [1.165, 1.54) is 0 Å². The number of carbonyl (C=O) groups excluding carboxylic acids is 1. The van der Waals surface area contributed by atoms with Crippen molar-refractivity contribution in [2.45, 2.75) is 57.5 Å². The summed E-state index contributed by atoms with van der Waals surface area (Å²) in [6.45, 7) is 5.34. The highest BCUT2D eigenvalue weighted by Crippen LogP contribution is 2.35. The van der Waals surface area contributed by atoms with Crippen LogP contribution in [0.5, 0.6) is 0 Å². The fourth-order valence-electron chi connectivity index (χ4n) is 1.58. The molecule has 0 spiro atoms. The predicted octanol–water partition coefficient (Wildman–Crippen LogP) is 0.744. The van der Waals surface area contributed by atoms with Crippen molar-refractivity contribution in [3.63, 3.8) is 0 Å². The van der Waals surface area contributed by atoms with Crippen LogP contribution in [0.4, 0.5) is 9.18 Å². The van der Waals surface area contributed by atoms with Crippen molar-refractivity contribution in [1.29, 1.82) is 0 Å². The molecule has 1 aliphatic rings. The summed E-state index contributed by atoms with van der Waals surface area (Å²) in [6.07, 6.45) is -5.38. The fourth-order valence-corrected chi connectivity index (χ4v) is 1.58. The number of aliphatic hydroxyl groups is 2. The van der Waals surface area contributed by atoms with E-state index in [9.17, 15) is 14.3 Å². The molecule has 0 aliphatic carbocycles. The zero-order valence-corrected chi connectivity index (χ0v) is 10.8. The van der Waals surface area contributed by atoms with Gasteiger partial charge in [-0.15, -0.1) is 0 Å². The number of carbonyl (C=O) groups is 1. The van der Waals surface area contributed by atoms with Crippen LogP contribution in [-0.2, 0) is 14.2 Å². The first-order chi connectivity index (χ1) is 8.08. The topological polar surface area (TPSA) is 85.2 Å². The van der Waals surface area contributed by atoms with E-state index in [-0.39, 0.29) is 0 Å². The van der Waals surface area contributed by atoms with Gasteiger partial charge in [-0.3, -0.25) is 0 Å². The van der Waals surface area contributed by atoms with Crippen molar-refractivity contribution in [3.05, 3.63) is 0 Å². The van der Waals surface area contributed by atoms with Crippen molar-refractivity contribution >= 4 is 6.16 Å². The minimum absolute atomic E-state index is 0.579. The largest absolute Gasteiger partial charge is 0.509 e. The smallest absolute Gasteiger partial charge is 0.429 e. The maximum atomic E-state index is 14.1. The molecular formula is C11H19FO6. The van der Waals surface area contributed by atoms with Crippen molar-refractivity contribution < 1.29 is 33.6 Å². The van der Waals surface area contributed by atoms with Crippen LogP contribution in [0.25, 0.3) is 0 Å². The van der Waals surface area contributed by atoms with E-state index < -0.39 is 42.5 Å². The number of halogens is 1. The van der Waals surface area contributed by atoms with Crippen LogP contribution >= 0.6 is 0 Å². The first-order valence-corrected chi connectivity index (χ1v) is 5.61. The van der Waals surface area contributed by atoms with Gasteiger partial charge in [-0.1, -0.05) is 0 Å². The second-order valence-electron chi connectivity index (χ2n) is 5.36. The van der Waals surface area contributed by atoms with Gasteiger partial charge in [0, 0.05) is 0 Å². The number of rotatable bonds is 2. The number of hydrogen-bond acceptors (Lipinski definition) is 6. The lowest BCUT2D eigenvalue weighted by Crippen LogP contribution is -2.45. The third-order valence-corrected chi connectivity index (χ3v) is 2.47. The molecule has 0 aromatic heterocycles. The third kappa shape index (κ3) is 3.30. The highest BCUT2D eigenvalue weighted by molar-refractivity contribution is 5.61. The van der Waals surface area contributed by atoms with Crippen LogP contribution in [0.2, 0.25) is 0 Å². The molecule has 0 saturated carbocycles. The Balaban J connectivity index is 2.72. The van der Waals surface area contributed by atoms with E-state index in [1.807, 2.05) is 0 Å². The number of ether oxygens (including phenoxy) is 3. The molecule has 1 saturated heterocycles. The normalized spacial score (nSPS) is 36.5. The molecule has 1 heterocycles. The Kier molecular flexibility index (Phi) is 4.19. The molecule has 1 fully saturated rings. The Morgan fingerprint density at radius 3 is 2.50 bits per heavy atom. The quantitative estimate of drug-likeness (QED) is 0.717. The van der Waals surface area contributed by atoms with E-state index >= 15 is 0 Å². The van der Waals surface area contributed by atoms with Crippen LogP contribution < -0.4 is 0 Å². The molecule has 2 N–H and O–H groups in total. The Labute approximate surface area is 105 Å². The van der Waals surface area contributed by atoms with Gasteiger partial charge in [-0.2, -0.15) is 0 Å². The standard InChI is InChI=1S/C11H19FO6/c1-10(2,3)18-9(15)17-7-6(5-13)16-8(14)11(7,4)12/h6-8,13-14H,5H2,1-4H3/t6-,7-,8-,11-/m1/s1. The summed E-state index contributed by atoms with van der Waals surface area (Å²) in [4.78, 5) is 11.4. The molecule has 18 heavy (non-hydrogen) atoms. The molecule has 0 amide bonds. The Morgan fingerprint density at radius 2 is 2.06 bits per heavy atom. The molecule has 6 nitrogen and oxygen atoms in total. The van der Waals surface area contributed by atoms with E-state index in [4.69, 9.17) is 19.3 Å². The summed E-state index contributed by atoms with van der Waals surface area (Å²) in [5.74, 6) is 0. The monoisotopic (exact) mass is 266 g/mol. The van der Waals surface area contributed by atoms with Gasteiger partial charge in [-0.25, -0.2) is 9.18 Å². The van der Waals surface area contributed by atoms with Gasteiger partial charge in [-0.05, 0) is 27.7 Å². The van der Waals surface area contributed by atoms with Gasteiger partial charge in [0.15, 0.2) is 18.1 Å². The summed E-state index contributed by atoms with van der Waals surface area (Å²) in [7, 11) is 0. The van der Waals surface area contributed by atoms with Gasteiger partial charge in [0.1, 0.15) is 11.7 Å². The van der Waals surface area contributed by atoms with Gasteiger partial charge in [0.25, 0.3) is 0 Å². The maximum Gasteiger partial charge on any atom is 0.509 e. The maximum absolute atomic E-state index is 14.1. The second-order valence-corrected chi connectivity index (χ2v) is 5.36. The number of aliphatic hydroxyl groups excluding tert-OH is 2. The van der Waals surface area contributed by atoms with Crippen molar-refractivity contribution in [2.75, 3.05) is 6.61 Å². The summed E-state index contributed by atoms with van der Waals surface area (Å²) < 4.78 is 28.5. The van der Waals surface area contributed by atoms with Crippen LogP contribution in [0.1, 0.15) is 27.7 Å². The molecule has 0 unspecified atom stereocenters. The molecule has 4 atom stereocenters. The summed E-state index contributed by atoms with van der Waals surface area (Å²) >= 11 is 0. The lowest BCUT2D eigenvalue weighted by molar-refractivity contribution is -0.143. The second kappa shape index (κ2) is 4.99. The van der Waals surface area contributed by atoms with Gasteiger partial charge < -0.3 is 24.4 Å². The average Bonchev–Trinajstić information content (AvgIpc) is 2.38. The molecule has 1 rings (SSSR count). The van der Waals surface area contributed by atoms with Crippen molar-refractivity contribution in [3.8, 4) is 0 Å². The zero-order valence-electron chi connectivity index (χ0n) is 10.8. The molecule has 106 valence electrons. The molecule has 0 aromatic carbocycles. The van der Waals surface area contributed by atoms with E-state index in [2.05, 4.69) is 0 Å². The third-order valence-electron chi connectivity index (χ3n) is 2.47. The first-order valence-electron chi connectivity index (χ1n) is 5.61. The highest BCUT2D eigenvalue weighted by atomic mass is 19.1. The highest BCUT2D eigenvalue weighted by Gasteiger charge is 2.56. The Bertz CT molecular complexity index is 311. The van der Waals surface area contributed by atoms with E-state index in [1.54, 1.807) is 20.8 Å². The van der Waals surface area contributed by atoms with Crippen LogP contribution in [0.3, 0.4) is 0 Å². The number of alkyl halides is 1. The molecular weight excluding hydrogens is 247 g/mol. The number of hydrogen-bond donors (Lipinski definition) is 2. The lowest BCUT2D eigenvalue weighted by atomic mass is 10.00. The van der Waals surface area contributed by atoms with Gasteiger partial charge in [0.05, 0.1) is 6.61 Å². The minimum atomic E-state index is -2.30. The van der Waals surface area contributed by atoms with Crippen LogP contribution in [0.15, 0.2) is 0 Å². The molecule has 7 heteroatoms. The van der Waals surface area contributed by atoms with Crippen LogP contribution in [-0.4, -0.2) is 52.7 Å². The average molecular weight is 266 g/mol.